The minimum Gasteiger partial charge on any atom is -0.399 e. The molecule has 0 radical (unpaired) electrons. The summed E-state index contributed by atoms with van der Waals surface area (Å²) in [5.74, 6) is -0.812. The smallest absolute Gasteiger partial charge is 0.256 e. The van der Waals surface area contributed by atoms with Crippen molar-refractivity contribution in [2.45, 2.75) is 31.7 Å². The first kappa shape index (κ1) is 21.7. The van der Waals surface area contributed by atoms with E-state index in [4.69, 9.17) is 5.73 Å². The maximum Gasteiger partial charge on any atom is 0.256 e. The van der Waals surface area contributed by atoms with Crippen molar-refractivity contribution in [1.82, 2.24) is 10.2 Å². The van der Waals surface area contributed by atoms with Crippen LogP contribution in [0.4, 0.5) is 10.1 Å². The molecule has 0 bridgehead atoms. The van der Waals surface area contributed by atoms with E-state index >= 15 is 0 Å². The van der Waals surface area contributed by atoms with Crippen LogP contribution in [0.25, 0.3) is 0 Å². The Kier molecular flexibility index (Phi) is 7.81. The highest BCUT2D eigenvalue weighted by Crippen LogP contribution is 2.17. The molecule has 0 atom stereocenters. The lowest BCUT2D eigenvalue weighted by atomic mass is 10.0. The van der Waals surface area contributed by atoms with Gasteiger partial charge in [-0.3, -0.25) is 9.59 Å². The average molecular weight is 406 g/mol. The third-order valence-corrected chi connectivity index (χ3v) is 4.93. The van der Waals surface area contributed by atoms with E-state index in [2.05, 4.69) is 5.32 Å². The van der Waals surface area contributed by atoms with E-state index in [1.54, 1.807) is 17.0 Å². The number of hydrogen-bond donors (Lipinski definition) is 2. The molecule has 0 aliphatic carbocycles. The SMILES string of the molecule is Cl.Nc1ccccc1CCC(=O)NC1CCN(C(=O)c2ccccc2F)CC1. The van der Waals surface area contributed by atoms with Crippen LogP contribution in [0.3, 0.4) is 0 Å². The number of nitrogens with one attached hydrogen (secondary N) is 1. The van der Waals surface area contributed by atoms with Gasteiger partial charge in [0.05, 0.1) is 5.56 Å². The maximum absolute atomic E-state index is 13.8. The first-order valence-electron chi connectivity index (χ1n) is 9.21. The molecule has 0 saturated carbocycles. The third-order valence-electron chi connectivity index (χ3n) is 4.93. The van der Waals surface area contributed by atoms with Gasteiger partial charge in [-0.05, 0) is 43.0 Å². The monoisotopic (exact) mass is 405 g/mol. The van der Waals surface area contributed by atoms with Crippen molar-refractivity contribution in [3.05, 3.63) is 65.5 Å². The number of likely N-dealkylation sites (tertiary alicyclic amines) is 1. The zero-order valence-electron chi connectivity index (χ0n) is 15.6. The van der Waals surface area contributed by atoms with E-state index in [1.807, 2.05) is 24.3 Å². The first-order chi connectivity index (χ1) is 13.0. The molecule has 2 aromatic carbocycles. The maximum atomic E-state index is 13.8. The van der Waals surface area contributed by atoms with Gasteiger partial charge in [-0.15, -0.1) is 12.4 Å². The van der Waals surface area contributed by atoms with Gasteiger partial charge in [-0.2, -0.15) is 0 Å². The number of nitrogen functional groups attached to an aromatic ring is 1. The summed E-state index contributed by atoms with van der Waals surface area (Å²) in [4.78, 5) is 26.3. The molecule has 0 aromatic heterocycles. The second kappa shape index (κ2) is 10.1. The average Bonchev–Trinajstić information content (AvgIpc) is 2.68. The van der Waals surface area contributed by atoms with E-state index in [1.165, 1.54) is 12.1 Å². The topological polar surface area (TPSA) is 75.4 Å². The molecule has 1 aliphatic heterocycles. The highest BCUT2D eigenvalue weighted by molar-refractivity contribution is 5.94. The lowest BCUT2D eigenvalue weighted by Crippen LogP contribution is -2.46. The van der Waals surface area contributed by atoms with Gasteiger partial charge in [-0.25, -0.2) is 4.39 Å². The number of anilines is 1. The molecule has 2 amide bonds. The Bertz CT molecular complexity index is 823. The predicted molar refractivity (Wildman–Crippen MR) is 110 cm³/mol. The Balaban J connectivity index is 0.00000280. The summed E-state index contributed by atoms with van der Waals surface area (Å²) in [6.07, 6.45) is 2.31. The van der Waals surface area contributed by atoms with Crippen LogP contribution in [0.15, 0.2) is 48.5 Å². The van der Waals surface area contributed by atoms with Gasteiger partial charge in [0.25, 0.3) is 5.91 Å². The fraction of sp³-hybridized carbons (Fsp3) is 0.333. The molecule has 7 heteroatoms. The van der Waals surface area contributed by atoms with Crippen LogP contribution in [0.2, 0.25) is 0 Å². The molecule has 0 unspecified atom stereocenters. The number of amides is 2. The summed E-state index contributed by atoms with van der Waals surface area (Å²) >= 11 is 0. The van der Waals surface area contributed by atoms with Crippen molar-refractivity contribution in [3.8, 4) is 0 Å². The van der Waals surface area contributed by atoms with Crippen molar-refractivity contribution < 1.29 is 14.0 Å². The molecule has 3 N–H and O–H groups in total. The van der Waals surface area contributed by atoms with E-state index in [0.717, 1.165) is 5.56 Å². The van der Waals surface area contributed by atoms with E-state index in [-0.39, 0.29) is 35.8 Å². The number of nitrogens with two attached hydrogens (primary N) is 1. The van der Waals surface area contributed by atoms with Crippen LogP contribution in [-0.4, -0.2) is 35.8 Å². The molecule has 2 aromatic rings. The van der Waals surface area contributed by atoms with Crippen molar-refractivity contribution in [1.29, 1.82) is 0 Å². The molecule has 150 valence electrons. The number of nitrogens with zero attached hydrogens (tertiary/aromatic N) is 1. The molecule has 1 fully saturated rings. The third kappa shape index (κ3) is 5.45. The quantitative estimate of drug-likeness (QED) is 0.750. The predicted octanol–water partition coefficient (Wildman–Crippen LogP) is 3.18. The summed E-state index contributed by atoms with van der Waals surface area (Å²) in [6.45, 7) is 1.01. The second-order valence-corrected chi connectivity index (χ2v) is 6.81. The Morgan fingerprint density at radius 3 is 2.39 bits per heavy atom. The van der Waals surface area contributed by atoms with Crippen LogP contribution in [0.1, 0.15) is 35.2 Å². The Morgan fingerprint density at radius 1 is 1.07 bits per heavy atom. The van der Waals surface area contributed by atoms with Crippen molar-refractivity contribution in [2.75, 3.05) is 18.8 Å². The molecule has 5 nitrogen and oxygen atoms in total. The summed E-state index contributed by atoms with van der Waals surface area (Å²) in [5.41, 5.74) is 7.66. The zero-order chi connectivity index (χ0) is 19.2. The number of rotatable bonds is 5. The van der Waals surface area contributed by atoms with Crippen LogP contribution >= 0.6 is 12.4 Å². The Hall–Kier alpha value is -2.60. The van der Waals surface area contributed by atoms with Crippen molar-refractivity contribution in [2.24, 2.45) is 0 Å². The molecule has 3 rings (SSSR count). The lowest BCUT2D eigenvalue weighted by Gasteiger charge is -2.32. The van der Waals surface area contributed by atoms with Gasteiger partial charge in [0.1, 0.15) is 5.82 Å². The molecular formula is C21H25ClFN3O2. The van der Waals surface area contributed by atoms with E-state index in [0.29, 0.717) is 44.5 Å². The lowest BCUT2D eigenvalue weighted by molar-refractivity contribution is -0.122. The number of piperidine rings is 1. The molecular weight excluding hydrogens is 381 g/mol. The fourth-order valence-corrected chi connectivity index (χ4v) is 3.34. The first-order valence-corrected chi connectivity index (χ1v) is 9.21. The largest absolute Gasteiger partial charge is 0.399 e. The molecule has 0 spiro atoms. The number of halogens is 2. The number of benzene rings is 2. The van der Waals surface area contributed by atoms with Crippen molar-refractivity contribution in [3.63, 3.8) is 0 Å². The number of para-hydroxylation sites is 1. The van der Waals surface area contributed by atoms with Gasteiger partial charge < -0.3 is 16.0 Å². The van der Waals surface area contributed by atoms with Crippen molar-refractivity contribution >= 4 is 29.9 Å². The highest BCUT2D eigenvalue weighted by atomic mass is 35.5. The molecule has 1 aliphatic rings. The fourth-order valence-electron chi connectivity index (χ4n) is 3.34. The number of hydrogen-bond acceptors (Lipinski definition) is 3. The van der Waals surface area contributed by atoms with Crippen LogP contribution in [0, 0.1) is 5.82 Å². The summed E-state index contributed by atoms with van der Waals surface area (Å²) in [7, 11) is 0. The molecule has 1 saturated heterocycles. The van der Waals surface area contributed by atoms with Crippen LogP contribution in [-0.2, 0) is 11.2 Å². The van der Waals surface area contributed by atoms with Gasteiger partial charge >= 0.3 is 0 Å². The number of carbonyl (C=O) groups is 2. The molecule has 28 heavy (non-hydrogen) atoms. The zero-order valence-corrected chi connectivity index (χ0v) is 16.4. The summed E-state index contributed by atoms with van der Waals surface area (Å²) < 4.78 is 13.8. The van der Waals surface area contributed by atoms with Gasteiger partial charge in [0.2, 0.25) is 5.91 Å². The van der Waals surface area contributed by atoms with Crippen LogP contribution < -0.4 is 11.1 Å². The minimum atomic E-state index is -0.502. The Labute approximate surface area is 170 Å². The van der Waals surface area contributed by atoms with Gasteiger partial charge in [-0.1, -0.05) is 30.3 Å². The summed E-state index contributed by atoms with van der Waals surface area (Å²) in [5, 5.41) is 3.03. The van der Waals surface area contributed by atoms with Gasteiger partial charge in [0.15, 0.2) is 0 Å². The highest BCUT2D eigenvalue weighted by Gasteiger charge is 2.25. The summed E-state index contributed by atoms with van der Waals surface area (Å²) in [6, 6.07) is 13.6. The molecule has 1 heterocycles. The van der Waals surface area contributed by atoms with E-state index < -0.39 is 5.82 Å². The van der Waals surface area contributed by atoms with Crippen LogP contribution in [0.5, 0.6) is 0 Å². The number of aryl methyl sites for hydroxylation is 1. The minimum absolute atomic E-state index is 0. The number of carbonyl (C=O) groups excluding carboxylic acids is 2. The van der Waals surface area contributed by atoms with E-state index in [9.17, 15) is 14.0 Å². The normalized spacial score (nSPS) is 14.2. The standard InChI is InChI=1S/C21H24FN3O2.ClH/c22-18-7-3-2-6-17(18)21(27)25-13-11-16(12-14-25)24-20(26)10-9-15-5-1-4-8-19(15)23;/h1-8,16H,9-14,23H2,(H,24,26);1H. The van der Waals surface area contributed by atoms with Gasteiger partial charge in [0, 0.05) is 31.2 Å². The second-order valence-electron chi connectivity index (χ2n) is 6.81. The Morgan fingerprint density at radius 2 is 1.71 bits per heavy atom.